The number of carbonyl (C=O) groups excluding carboxylic acids is 3. The predicted octanol–water partition coefficient (Wildman–Crippen LogP) is 0.759. The van der Waals surface area contributed by atoms with Gasteiger partial charge in [0.2, 0.25) is 0 Å². The van der Waals surface area contributed by atoms with Crippen LogP contribution in [0.2, 0.25) is 0 Å². The largest absolute Gasteiger partial charge is 0.464 e. The van der Waals surface area contributed by atoms with Crippen molar-refractivity contribution in [2.24, 2.45) is 11.1 Å². The number of hydrogen-bond acceptors (Lipinski definition) is 9. The molecule has 154 valence electrons. The molecule has 0 bridgehead atoms. The minimum atomic E-state index is -1.10. The van der Waals surface area contributed by atoms with E-state index in [1.54, 1.807) is 34.6 Å². The second-order valence-electron chi connectivity index (χ2n) is 6.82. The van der Waals surface area contributed by atoms with Gasteiger partial charge in [-0.05, 0) is 34.6 Å². The monoisotopic (exact) mass is 388 g/mol. The Labute approximate surface area is 158 Å². The van der Waals surface area contributed by atoms with Gasteiger partial charge in [0.05, 0.1) is 25.7 Å². The quantitative estimate of drug-likeness (QED) is 0.460. The van der Waals surface area contributed by atoms with Crippen LogP contribution in [0.1, 0.15) is 41.0 Å². The van der Waals surface area contributed by atoms with E-state index in [1.807, 2.05) is 0 Å². The Morgan fingerprint density at radius 2 is 1.85 bits per heavy atom. The molecule has 1 heterocycles. The highest BCUT2D eigenvalue weighted by molar-refractivity contribution is 6.37. The second-order valence-corrected chi connectivity index (χ2v) is 6.82. The van der Waals surface area contributed by atoms with E-state index in [4.69, 9.17) is 19.0 Å². The summed E-state index contributed by atoms with van der Waals surface area (Å²) in [4.78, 5) is 41.3. The lowest BCUT2D eigenvalue weighted by atomic mass is 9.93. The molecule has 3 atom stereocenters. The zero-order valence-corrected chi connectivity index (χ0v) is 16.3. The van der Waals surface area contributed by atoms with Crippen LogP contribution in [-0.4, -0.2) is 66.4 Å². The van der Waals surface area contributed by atoms with Gasteiger partial charge in [-0.15, -0.1) is 0 Å². The van der Waals surface area contributed by atoms with Crippen molar-refractivity contribution >= 4 is 23.7 Å². The van der Waals surface area contributed by atoms with E-state index in [1.165, 1.54) is 0 Å². The van der Waals surface area contributed by atoms with Crippen LogP contribution in [0, 0.1) is 5.92 Å². The Kier molecular flexibility index (Phi) is 8.48. The van der Waals surface area contributed by atoms with Crippen molar-refractivity contribution in [1.29, 1.82) is 0 Å². The Bertz CT molecular complexity index is 570. The fourth-order valence-electron chi connectivity index (χ4n) is 2.39. The lowest BCUT2D eigenvalue weighted by Crippen LogP contribution is -2.47. The number of hydrogen-bond donors (Lipinski definition) is 2. The van der Waals surface area contributed by atoms with E-state index in [0.717, 1.165) is 0 Å². The van der Waals surface area contributed by atoms with E-state index >= 15 is 0 Å². The van der Waals surface area contributed by atoms with Crippen LogP contribution in [0.4, 0.5) is 4.79 Å². The summed E-state index contributed by atoms with van der Waals surface area (Å²) >= 11 is 0. The van der Waals surface area contributed by atoms with Crippen molar-refractivity contribution < 1.29 is 38.5 Å². The molecule has 10 nitrogen and oxygen atoms in total. The predicted molar refractivity (Wildman–Crippen MR) is 93.9 cm³/mol. The number of esters is 2. The number of nitrogens with one attached hydrogen (secondary N) is 1. The first-order chi connectivity index (χ1) is 12.6. The number of rotatable bonds is 8. The van der Waals surface area contributed by atoms with Gasteiger partial charge in [0.25, 0.3) is 0 Å². The maximum Gasteiger partial charge on any atom is 0.408 e. The molecular weight excluding hydrogens is 360 g/mol. The van der Waals surface area contributed by atoms with Crippen LogP contribution in [0.25, 0.3) is 0 Å². The van der Waals surface area contributed by atoms with Gasteiger partial charge in [-0.2, -0.15) is 0 Å². The van der Waals surface area contributed by atoms with E-state index < -0.39 is 48.3 Å². The van der Waals surface area contributed by atoms with Crippen LogP contribution < -0.4 is 5.32 Å². The van der Waals surface area contributed by atoms with Gasteiger partial charge >= 0.3 is 18.0 Å². The van der Waals surface area contributed by atoms with Crippen LogP contribution in [-0.2, 0) is 28.6 Å². The molecule has 0 radical (unpaired) electrons. The van der Waals surface area contributed by atoms with Crippen molar-refractivity contribution in [1.82, 2.24) is 5.32 Å². The molecule has 2 N–H and O–H groups in total. The van der Waals surface area contributed by atoms with Crippen LogP contribution >= 0.6 is 0 Å². The topological polar surface area (TPSA) is 133 Å². The molecule has 0 aromatic carbocycles. The summed E-state index contributed by atoms with van der Waals surface area (Å²) in [5.41, 5.74) is -0.815. The standard InChI is InChI=1S/C17H28N2O8/c1-6-24-14(21)11(18-16(23)26-17(3,4)5)8-12-10(9-20)13(19-27-12)15(22)25-7-2/h10-12,20H,6-9H2,1-5H3,(H,18,23)/t10-,11?,12+/m1/s1. The number of aliphatic hydroxyl groups is 1. The van der Waals surface area contributed by atoms with Gasteiger partial charge in [0, 0.05) is 6.42 Å². The van der Waals surface area contributed by atoms with Gasteiger partial charge in [0.15, 0.2) is 5.71 Å². The number of ether oxygens (including phenoxy) is 3. The lowest BCUT2D eigenvalue weighted by Gasteiger charge is -2.25. The van der Waals surface area contributed by atoms with Crippen molar-refractivity contribution in [3.05, 3.63) is 0 Å². The normalized spacial score (nSPS) is 20.1. The zero-order chi connectivity index (χ0) is 20.6. The molecule has 10 heteroatoms. The number of aliphatic hydroxyl groups excluding tert-OH is 1. The van der Waals surface area contributed by atoms with Crippen molar-refractivity contribution in [3.63, 3.8) is 0 Å². The highest BCUT2D eigenvalue weighted by Crippen LogP contribution is 2.24. The minimum absolute atomic E-state index is 0.0655. The molecule has 0 spiro atoms. The minimum Gasteiger partial charge on any atom is -0.464 e. The first kappa shape index (κ1) is 22.7. The zero-order valence-electron chi connectivity index (χ0n) is 16.3. The fraction of sp³-hybridized carbons (Fsp3) is 0.765. The maximum absolute atomic E-state index is 12.2. The average Bonchev–Trinajstić information content (AvgIpc) is 2.95. The molecule has 0 aromatic heterocycles. The third-order valence-electron chi connectivity index (χ3n) is 3.50. The first-order valence-corrected chi connectivity index (χ1v) is 8.80. The van der Waals surface area contributed by atoms with Gasteiger partial charge in [-0.3, -0.25) is 0 Å². The van der Waals surface area contributed by atoms with Gasteiger partial charge < -0.3 is 29.5 Å². The van der Waals surface area contributed by atoms with Gasteiger partial charge in [-0.25, -0.2) is 14.4 Å². The summed E-state index contributed by atoms with van der Waals surface area (Å²) in [6.45, 7) is 8.16. The van der Waals surface area contributed by atoms with E-state index in [-0.39, 0.29) is 25.3 Å². The fourth-order valence-corrected chi connectivity index (χ4v) is 2.39. The summed E-state index contributed by atoms with van der Waals surface area (Å²) in [5.74, 6) is -2.18. The molecule has 1 rings (SSSR count). The highest BCUT2D eigenvalue weighted by atomic mass is 16.6. The molecule has 0 saturated carbocycles. The molecule has 0 fully saturated rings. The average molecular weight is 388 g/mol. The summed E-state index contributed by atoms with van der Waals surface area (Å²) in [7, 11) is 0. The third-order valence-corrected chi connectivity index (χ3v) is 3.50. The molecule has 1 amide bonds. The number of carbonyl (C=O) groups is 3. The number of alkyl carbamates (subject to hydrolysis) is 1. The number of nitrogens with zero attached hydrogens (tertiary/aromatic N) is 1. The Balaban J connectivity index is 2.84. The molecular formula is C17H28N2O8. The SMILES string of the molecule is CCOC(=O)C1=NO[C@@H](CC(NC(=O)OC(C)(C)C)C(=O)OCC)[C@H]1CO. The Morgan fingerprint density at radius 1 is 1.22 bits per heavy atom. The maximum atomic E-state index is 12.2. The Morgan fingerprint density at radius 3 is 2.37 bits per heavy atom. The summed E-state index contributed by atoms with van der Waals surface area (Å²) in [6, 6.07) is -1.10. The van der Waals surface area contributed by atoms with E-state index in [2.05, 4.69) is 10.5 Å². The molecule has 1 unspecified atom stereocenters. The lowest BCUT2D eigenvalue weighted by molar-refractivity contribution is -0.147. The molecule has 0 saturated heterocycles. The van der Waals surface area contributed by atoms with Crippen LogP contribution in [0.3, 0.4) is 0 Å². The molecule has 0 aliphatic carbocycles. The third kappa shape index (κ3) is 7.05. The van der Waals surface area contributed by atoms with Gasteiger partial charge in [0.1, 0.15) is 17.7 Å². The Hall–Kier alpha value is -2.36. The van der Waals surface area contributed by atoms with E-state index in [9.17, 15) is 19.5 Å². The summed E-state index contributed by atoms with van der Waals surface area (Å²) < 4.78 is 15.0. The molecule has 1 aliphatic rings. The van der Waals surface area contributed by atoms with Crippen LogP contribution in [0.5, 0.6) is 0 Å². The second kappa shape index (κ2) is 10.1. The first-order valence-electron chi connectivity index (χ1n) is 8.80. The van der Waals surface area contributed by atoms with Crippen molar-refractivity contribution in [3.8, 4) is 0 Å². The molecule has 27 heavy (non-hydrogen) atoms. The summed E-state index contributed by atoms with van der Waals surface area (Å²) in [6.07, 6.45) is -1.69. The smallest absolute Gasteiger partial charge is 0.408 e. The number of oxime groups is 1. The number of amides is 1. The van der Waals surface area contributed by atoms with Gasteiger partial charge in [-0.1, -0.05) is 5.16 Å². The summed E-state index contributed by atoms with van der Waals surface area (Å²) in [5, 5.41) is 15.7. The van der Waals surface area contributed by atoms with Crippen molar-refractivity contribution in [2.45, 2.75) is 58.8 Å². The van der Waals surface area contributed by atoms with Crippen molar-refractivity contribution in [2.75, 3.05) is 19.8 Å². The highest BCUT2D eigenvalue weighted by Gasteiger charge is 2.41. The van der Waals surface area contributed by atoms with E-state index in [0.29, 0.717) is 0 Å². The van der Waals surface area contributed by atoms with Crippen LogP contribution in [0.15, 0.2) is 5.16 Å². The molecule has 1 aliphatic heterocycles. The molecule has 0 aromatic rings.